The molecule has 4 nitrogen and oxygen atoms in total. The molecular formula is C17H14F3NO3. The Bertz CT molecular complexity index is 774. The number of benzene rings is 2. The lowest BCUT2D eigenvalue weighted by molar-refractivity contribution is -0.137. The van der Waals surface area contributed by atoms with Crippen LogP contribution in [0.4, 0.5) is 13.2 Å². The van der Waals surface area contributed by atoms with Crippen molar-refractivity contribution in [3.63, 3.8) is 0 Å². The van der Waals surface area contributed by atoms with Crippen LogP contribution < -0.4 is 14.8 Å². The van der Waals surface area contributed by atoms with Gasteiger partial charge in [-0.2, -0.15) is 13.2 Å². The van der Waals surface area contributed by atoms with Gasteiger partial charge >= 0.3 is 6.18 Å². The van der Waals surface area contributed by atoms with Crippen LogP contribution in [0.3, 0.4) is 0 Å². The molecular weight excluding hydrogens is 323 g/mol. The molecule has 0 fully saturated rings. The third-order valence-electron chi connectivity index (χ3n) is 3.70. The zero-order chi connectivity index (χ0) is 17.3. The van der Waals surface area contributed by atoms with Crippen molar-refractivity contribution in [2.45, 2.75) is 19.1 Å². The van der Waals surface area contributed by atoms with Crippen LogP contribution in [0, 0.1) is 0 Å². The highest BCUT2D eigenvalue weighted by Crippen LogP contribution is 2.34. The number of ether oxygens (including phenoxy) is 2. The number of halogens is 3. The molecule has 2 aromatic carbocycles. The van der Waals surface area contributed by atoms with E-state index in [4.69, 9.17) is 9.47 Å². The Balaban J connectivity index is 1.75. The van der Waals surface area contributed by atoms with E-state index in [1.165, 1.54) is 12.1 Å². The van der Waals surface area contributed by atoms with Crippen molar-refractivity contribution in [2.24, 2.45) is 0 Å². The fourth-order valence-corrected chi connectivity index (χ4v) is 2.38. The molecule has 0 saturated carbocycles. The van der Waals surface area contributed by atoms with Crippen molar-refractivity contribution in [3.05, 3.63) is 59.2 Å². The summed E-state index contributed by atoms with van der Waals surface area (Å²) in [6, 6.07) is 9.15. The van der Waals surface area contributed by atoms with Crippen LogP contribution in [-0.2, 0) is 6.18 Å². The predicted molar refractivity (Wildman–Crippen MR) is 79.9 cm³/mol. The summed E-state index contributed by atoms with van der Waals surface area (Å²) in [5.74, 6) is 0.620. The topological polar surface area (TPSA) is 47.6 Å². The second-order valence-electron chi connectivity index (χ2n) is 5.39. The fraction of sp³-hybridized carbons (Fsp3) is 0.235. The second-order valence-corrected chi connectivity index (χ2v) is 5.39. The lowest BCUT2D eigenvalue weighted by Crippen LogP contribution is -2.26. The minimum Gasteiger partial charge on any atom is -0.454 e. The van der Waals surface area contributed by atoms with Crippen molar-refractivity contribution in [2.75, 3.05) is 6.79 Å². The van der Waals surface area contributed by atoms with Crippen molar-refractivity contribution in [3.8, 4) is 11.5 Å². The van der Waals surface area contributed by atoms with Gasteiger partial charge in [0.15, 0.2) is 11.5 Å². The van der Waals surface area contributed by atoms with Gasteiger partial charge in [0, 0.05) is 5.56 Å². The van der Waals surface area contributed by atoms with Gasteiger partial charge in [-0.3, -0.25) is 4.79 Å². The fourth-order valence-electron chi connectivity index (χ4n) is 2.38. The van der Waals surface area contributed by atoms with Crippen molar-refractivity contribution < 1.29 is 27.4 Å². The molecule has 126 valence electrons. The first kappa shape index (κ1) is 16.2. The molecule has 7 heteroatoms. The second kappa shape index (κ2) is 6.07. The van der Waals surface area contributed by atoms with E-state index in [-0.39, 0.29) is 12.4 Å². The zero-order valence-electron chi connectivity index (χ0n) is 12.7. The average molecular weight is 337 g/mol. The number of hydrogen-bond acceptors (Lipinski definition) is 3. The van der Waals surface area contributed by atoms with Crippen LogP contribution >= 0.6 is 0 Å². The first-order chi connectivity index (χ1) is 11.3. The molecule has 24 heavy (non-hydrogen) atoms. The number of carbonyl (C=O) groups is 1. The number of fused-ring (bicyclic) bond motifs is 1. The van der Waals surface area contributed by atoms with Crippen LogP contribution in [0.2, 0.25) is 0 Å². The number of rotatable bonds is 3. The van der Waals surface area contributed by atoms with E-state index in [2.05, 4.69) is 5.32 Å². The molecule has 1 heterocycles. The molecule has 0 spiro atoms. The molecule has 1 aliphatic rings. The molecule has 1 unspecified atom stereocenters. The summed E-state index contributed by atoms with van der Waals surface area (Å²) < 4.78 is 48.7. The largest absolute Gasteiger partial charge is 0.454 e. The normalized spacial score (nSPS) is 14.3. The Morgan fingerprint density at radius 3 is 2.62 bits per heavy atom. The smallest absolute Gasteiger partial charge is 0.416 e. The summed E-state index contributed by atoms with van der Waals surface area (Å²) in [6.45, 7) is 1.88. The van der Waals surface area contributed by atoms with Crippen molar-refractivity contribution >= 4 is 5.91 Å². The molecule has 0 saturated heterocycles. The number of alkyl halides is 3. The number of amides is 1. The molecule has 0 bridgehead atoms. The maximum atomic E-state index is 12.7. The Morgan fingerprint density at radius 1 is 1.12 bits per heavy atom. The summed E-state index contributed by atoms with van der Waals surface area (Å²) in [6.07, 6.45) is -4.49. The summed E-state index contributed by atoms with van der Waals surface area (Å²) >= 11 is 0. The quantitative estimate of drug-likeness (QED) is 0.923. The zero-order valence-corrected chi connectivity index (χ0v) is 12.7. The number of hydrogen-bond donors (Lipinski definition) is 1. The number of nitrogens with one attached hydrogen (secondary N) is 1. The minimum absolute atomic E-state index is 0.0441. The van der Waals surface area contributed by atoms with Gasteiger partial charge in [-0.15, -0.1) is 0 Å². The molecule has 0 aromatic heterocycles. The first-order valence-corrected chi connectivity index (χ1v) is 7.22. The Labute approximate surface area is 136 Å². The van der Waals surface area contributed by atoms with Gasteiger partial charge in [-0.1, -0.05) is 12.1 Å². The first-order valence-electron chi connectivity index (χ1n) is 7.22. The molecule has 3 rings (SSSR count). The van der Waals surface area contributed by atoms with Crippen LogP contribution in [0.1, 0.15) is 34.5 Å². The number of carbonyl (C=O) groups excluding carboxylic acids is 1. The maximum Gasteiger partial charge on any atom is 0.416 e. The lowest BCUT2D eigenvalue weighted by atomic mass is 10.1. The van der Waals surface area contributed by atoms with Crippen LogP contribution in [0.25, 0.3) is 0 Å². The third-order valence-corrected chi connectivity index (χ3v) is 3.70. The Kier molecular flexibility index (Phi) is 4.09. The van der Waals surface area contributed by atoms with E-state index in [0.29, 0.717) is 11.5 Å². The van der Waals surface area contributed by atoms with Gasteiger partial charge in [0.1, 0.15) is 0 Å². The highest BCUT2D eigenvalue weighted by Gasteiger charge is 2.31. The van der Waals surface area contributed by atoms with E-state index in [0.717, 1.165) is 17.7 Å². The summed E-state index contributed by atoms with van der Waals surface area (Å²) in [5, 5.41) is 2.68. The van der Waals surface area contributed by atoms with Crippen molar-refractivity contribution in [1.82, 2.24) is 5.32 Å². The van der Waals surface area contributed by atoms with Crippen LogP contribution in [-0.4, -0.2) is 12.7 Å². The standard InChI is InChI=1S/C17H14F3NO3/c1-10(11-5-6-14-15(8-11)24-9-23-14)21-16(22)12-3-2-4-13(7-12)17(18,19)20/h2-8,10H,9H2,1H3,(H,21,22). The molecule has 1 N–H and O–H groups in total. The van der Waals surface area contributed by atoms with Gasteiger partial charge in [-0.25, -0.2) is 0 Å². The van der Waals surface area contributed by atoms with Crippen LogP contribution in [0.5, 0.6) is 11.5 Å². The van der Waals surface area contributed by atoms with Crippen molar-refractivity contribution in [1.29, 1.82) is 0 Å². The summed E-state index contributed by atoms with van der Waals surface area (Å²) in [7, 11) is 0. The predicted octanol–water partition coefficient (Wildman–Crippen LogP) is 3.93. The van der Waals surface area contributed by atoms with Gasteiger partial charge in [0.25, 0.3) is 5.91 Å². The van der Waals surface area contributed by atoms with E-state index in [1.54, 1.807) is 25.1 Å². The highest BCUT2D eigenvalue weighted by atomic mass is 19.4. The van der Waals surface area contributed by atoms with Gasteiger partial charge < -0.3 is 14.8 Å². The van der Waals surface area contributed by atoms with Gasteiger partial charge in [0.05, 0.1) is 11.6 Å². The molecule has 0 radical (unpaired) electrons. The van der Waals surface area contributed by atoms with Gasteiger partial charge in [0.2, 0.25) is 6.79 Å². The summed E-state index contributed by atoms with van der Waals surface area (Å²) in [5.41, 5.74) is -0.136. The molecule has 2 aromatic rings. The SMILES string of the molecule is CC(NC(=O)c1cccc(C(F)(F)F)c1)c1ccc2c(c1)OCO2. The molecule has 1 atom stereocenters. The monoisotopic (exact) mass is 337 g/mol. The highest BCUT2D eigenvalue weighted by molar-refractivity contribution is 5.94. The van der Waals surface area contributed by atoms with Crippen LogP contribution in [0.15, 0.2) is 42.5 Å². The van der Waals surface area contributed by atoms with E-state index >= 15 is 0 Å². The molecule has 1 aliphatic heterocycles. The molecule has 1 amide bonds. The lowest BCUT2D eigenvalue weighted by Gasteiger charge is -2.15. The van der Waals surface area contributed by atoms with E-state index < -0.39 is 23.7 Å². The Hall–Kier alpha value is -2.70. The minimum atomic E-state index is -4.49. The average Bonchev–Trinajstić information content (AvgIpc) is 3.01. The summed E-state index contributed by atoms with van der Waals surface area (Å²) in [4.78, 5) is 12.2. The van der Waals surface area contributed by atoms with Gasteiger partial charge in [-0.05, 0) is 42.8 Å². The Morgan fingerprint density at radius 2 is 1.88 bits per heavy atom. The maximum absolute atomic E-state index is 12.7. The molecule has 0 aliphatic carbocycles. The van der Waals surface area contributed by atoms with E-state index in [1.807, 2.05) is 0 Å². The van der Waals surface area contributed by atoms with E-state index in [9.17, 15) is 18.0 Å². The third kappa shape index (κ3) is 3.29.